The lowest BCUT2D eigenvalue weighted by Crippen LogP contribution is -2.39. The van der Waals surface area contributed by atoms with Crippen LogP contribution in [-0.2, 0) is 0 Å². The third-order valence-electron chi connectivity index (χ3n) is 7.84. The molecule has 0 saturated heterocycles. The predicted molar refractivity (Wildman–Crippen MR) is 155 cm³/mol. The summed E-state index contributed by atoms with van der Waals surface area (Å²) in [5, 5.41) is 16.7. The predicted octanol–water partition coefficient (Wildman–Crippen LogP) is 9.31. The van der Waals surface area contributed by atoms with Gasteiger partial charge in [-0.15, -0.1) is 0 Å². The molecule has 0 radical (unpaired) electrons. The van der Waals surface area contributed by atoms with Crippen molar-refractivity contribution in [2.24, 2.45) is 0 Å². The number of fused-ring (bicyclic) bond motifs is 3. The minimum atomic E-state index is -0.486. The number of nitrogens with zero attached hydrogens (tertiary/aromatic N) is 1. The second-order valence-electron chi connectivity index (χ2n) is 11.0. The Labute approximate surface area is 214 Å². The Kier molecular flexibility index (Phi) is 10.6. The molecule has 0 bridgehead atoms. The molecule has 3 rings (SSSR count). The van der Waals surface area contributed by atoms with Crippen LogP contribution >= 0.6 is 0 Å². The van der Waals surface area contributed by atoms with Gasteiger partial charge in [0.25, 0.3) is 0 Å². The van der Waals surface area contributed by atoms with E-state index in [-0.39, 0.29) is 6.04 Å². The molecule has 0 aromatic heterocycles. The van der Waals surface area contributed by atoms with Gasteiger partial charge in [-0.25, -0.2) is 0 Å². The largest absolute Gasteiger partial charge is 0.387 e. The van der Waals surface area contributed by atoms with E-state index in [2.05, 4.69) is 88.9 Å². The van der Waals surface area contributed by atoms with Crippen LogP contribution in [0.5, 0.6) is 0 Å². The minimum Gasteiger partial charge on any atom is -0.387 e. The van der Waals surface area contributed by atoms with Crippen LogP contribution in [0.25, 0.3) is 21.5 Å². The first kappa shape index (κ1) is 27.7. The molecule has 0 unspecified atom stereocenters. The van der Waals surface area contributed by atoms with Crippen molar-refractivity contribution >= 4 is 21.5 Å². The topological polar surface area (TPSA) is 23.5 Å². The summed E-state index contributed by atoms with van der Waals surface area (Å²) in [5.74, 6) is 0.520. The normalized spacial score (nSPS) is 13.9. The van der Waals surface area contributed by atoms with Gasteiger partial charge in [0.2, 0.25) is 0 Å². The van der Waals surface area contributed by atoms with E-state index < -0.39 is 6.10 Å². The zero-order valence-electron chi connectivity index (χ0n) is 23.2. The Balaban J connectivity index is 1.89. The monoisotopic (exact) mass is 475 g/mol. The van der Waals surface area contributed by atoms with Crippen molar-refractivity contribution in [3.63, 3.8) is 0 Å². The van der Waals surface area contributed by atoms with E-state index in [4.69, 9.17) is 0 Å². The molecular weight excluding hydrogens is 426 g/mol. The molecule has 3 aromatic carbocycles. The van der Waals surface area contributed by atoms with Crippen LogP contribution in [-0.4, -0.2) is 29.1 Å². The van der Waals surface area contributed by atoms with Gasteiger partial charge < -0.3 is 5.11 Å². The van der Waals surface area contributed by atoms with Crippen molar-refractivity contribution in [1.82, 2.24) is 4.90 Å². The van der Waals surface area contributed by atoms with Crippen molar-refractivity contribution in [3.05, 3.63) is 59.2 Å². The van der Waals surface area contributed by atoms with E-state index in [1.165, 1.54) is 84.0 Å². The van der Waals surface area contributed by atoms with E-state index >= 15 is 0 Å². The number of rotatable bonds is 14. The summed E-state index contributed by atoms with van der Waals surface area (Å²) in [6, 6.07) is 16.0. The number of aryl methyl sites for hydroxylation is 1. The van der Waals surface area contributed by atoms with Gasteiger partial charge in [0.1, 0.15) is 0 Å². The van der Waals surface area contributed by atoms with Crippen molar-refractivity contribution < 1.29 is 5.11 Å². The molecule has 35 heavy (non-hydrogen) atoms. The van der Waals surface area contributed by atoms with Crippen molar-refractivity contribution in [3.8, 4) is 0 Å². The lowest BCUT2D eigenvalue weighted by atomic mass is 9.91. The van der Waals surface area contributed by atoms with Gasteiger partial charge in [-0.3, -0.25) is 4.90 Å². The van der Waals surface area contributed by atoms with Crippen LogP contribution in [0.3, 0.4) is 0 Å². The first-order valence-corrected chi connectivity index (χ1v) is 14.3. The third kappa shape index (κ3) is 7.08. The van der Waals surface area contributed by atoms with Crippen LogP contribution in [0.1, 0.15) is 115 Å². The highest BCUT2D eigenvalue weighted by atomic mass is 16.3. The fourth-order valence-electron chi connectivity index (χ4n) is 5.42. The Hall–Kier alpha value is -1.90. The number of unbranched alkanes of at least 4 members (excludes halogenated alkanes) is 6. The van der Waals surface area contributed by atoms with Gasteiger partial charge >= 0.3 is 0 Å². The summed E-state index contributed by atoms with van der Waals surface area (Å²) in [6.45, 7) is 15.6. The molecule has 0 saturated carbocycles. The van der Waals surface area contributed by atoms with Crippen LogP contribution in [0.2, 0.25) is 0 Å². The van der Waals surface area contributed by atoms with Gasteiger partial charge in [0.05, 0.1) is 6.10 Å². The molecule has 2 heteroatoms. The SMILES string of the molecule is CCCCCCN(CCCCCC)[C@@H](C)[C@@H](O)c1cc(C)c2ccc3cc(C(C)C)ccc3c2c1. The molecule has 0 fully saturated rings. The molecule has 2 atom stereocenters. The van der Waals surface area contributed by atoms with Crippen molar-refractivity contribution in [1.29, 1.82) is 0 Å². The standard InChI is InChI=1S/C33H49NO/c1-7-9-11-13-19-34(20-14-12-10-8-2)26(6)33(35)29-21-25(5)30-17-16-28-22-27(24(3)4)15-18-31(28)32(30)23-29/h15-18,21-24,26,33,35H,7-14,19-20H2,1-6H3/t26-,33+/m0/s1. The molecule has 3 aromatic rings. The summed E-state index contributed by atoms with van der Waals surface area (Å²) in [4.78, 5) is 2.55. The summed E-state index contributed by atoms with van der Waals surface area (Å²) >= 11 is 0. The van der Waals surface area contributed by atoms with E-state index in [1.807, 2.05) is 0 Å². The van der Waals surface area contributed by atoms with Gasteiger partial charge in [-0.1, -0.05) is 103 Å². The fourth-order valence-corrected chi connectivity index (χ4v) is 5.42. The second kappa shape index (κ2) is 13.4. The lowest BCUT2D eigenvalue weighted by Gasteiger charge is -2.33. The number of hydrogen-bond donors (Lipinski definition) is 1. The Bertz CT molecular complexity index is 1060. The zero-order valence-corrected chi connectivity index (χ0v) is 23.2. The van der Waals surface area contributed by atoms with E-state index in [9.17, 15) is 5.11 Å². The van der Waals surface area contributed by atoms with Gasteiger partial charge in [0, 0.05) is 6.04 Å². The average Bonchev–Trinajstić information content (AvgIpc) is 2.86. The smallest absolute Gasteiger partial charge is 0.0942 e. The third-order valence-corrected chi connectivity index (χ3v) is 7.84. The zero-order chi connectivity index (χ0) is 25.4. The van der Waals surface area contributed by atoms with Crippen molar-refractivity contribution in [2.75, 3.05) is 13.1 Å². The van der Waals surface area contributed by atoms with Gasteiger partial charge in [-0.2, -0.15) is 0 Å². The summed E-state index contributed by atoms with van der Waals surface area (Å²) in [6.07, 6.45) is 9.65. The van der Waals surface area contributed by atoms with E-state index in [0.717, 1.165) is 18.7 Å². The Morgan fingerprint density at radius 3 is 1.91 bits per heavy atom. The van der Waals surface area contributed by atoms with Gasteiger partial charge in [0.15, 0.2) is 0 Å². The molecule has 1 N–H and O–H groups in total. The lowest BCUT2D eigenvalue weighted by molar-refractivity contribution is 0.0555. The number of benzene rings is 3. The molecule has 0 aliphatic carbocycles. The summed E-state index contributed by atoms with van der Waals surface area (Å²) in [7, 11) is 0. The minimum absolute atomic E-state index is 0.109. The van der Waals surface area contributed by atoms with Crippen LogP contribution in [0.4, 0.5) is 0 Å². The van der Waals surface area contributed by atoms with Crippen molar-refractivity contribution in [2.45, 2.75) is 111 Å². The molecule has 0 spiro atoms. The van der Waals surface area contributed by atoms with Gasteiger partial charge in [-0.05, 0) is 90.0 Å². The van der Waals surface area contributed by atoms with E-state index in [1.54, 1.807) is 0 Å². The molecule has 2 nitrogen and oxygen atoms in total. The summed E-state index contributed by atoms with van der Waals surface area (Å²) < 4.78 is 0. The number of hydrogen-bond acceptors (Lipinski definition) is 2. The maximum absolute atomic E-state index is 11.6. The Morgan fingerprint density at radius 1 is 0.686 bits per heavy atom. The molecular formula is C33H49NO. The van der Waals surface area contributed by atoms with Crippen LogP contribution < -0.4 is 0 Å². The average molecular weight is 476 g/mol. The molecule has 0 amide bonds. The first-order chi connectivity index (χ1) is 16.9. The second-order valence-corrected chi connectivity index (χ2v) is 11.0. The molecule has 0 aliphatic rings. The maximum atomic E-state index is 11.6. The maximum Gasteiger partial charge on any atom is 0.0942 e. The van der Waals surface area contributed by atoms with Crippen LogP contribution in [0, 0.1) is 6.92 Å². The first-order valence-electron chi connectivity index (χ1n) is 14.3. The number of aliphatic hydroxyl groups excluding tert-OH is 1. The highest BCUT2D eigenvalue weighted by Gasteiger charge is 2.23. The molecule has 192 valence electrons. The molecule has 0 aliphatic heterocycles. The van der Waals surface area contributed by atoms with Crippen LogP contribution in [0.15, 0.2) is 42.5 Å². The summed E-state index contributed by atoms with van der Waals surface area (Å²) in [5.41, 5.74) is 3.67. The number of aliphatic hydroxyl groups is 1. The quantitative estimate of drug-likeness (QED) is 0.185. The highest BCUT2D eigenvalue weighted by molar-refractivity contribution is 6.08. The van der Waals surface area contributed by atoms with E-state index in [0.29, 0.717) is 5.92 Å². The Morgan fingerprint density at radius 2 is 1.31 bits per heavy atom. The fraction of sp³-hybridized carbons (Fsp3) is 0.576. The highest BCUT2D eigenvalue weighted by Crippen LogP contribution is 2.33. The molecule has 0 heterocycles.